The van der Waals surface area contributed by atoms with E-state index in [0.717, 1.165) is 29.3 Å². The number of anilines is 3. The maximum atomic E-state index is 12.9. The van der Waals surface area contributed by atoms with Crippen LogP contribution in [0.1, 0.15) is 24.1 Å². The number of pyridine rings is 1. The second kappa shape index (κ2) is 6.68. The molecule has 0 spiro atoms. The maximum absolute atomic E-state index is 12.9. The highest BCUT2D eigenvalue weighted by molar-refractivity contribution is 5.78. The van der Waals surface area contributed by atoms with Gasteiger partial charge in [-0.15, -0.1) is 0 Å². The van der Waals surface area contributed by atoms with E-state index in [1.807, 2.05) is 24.0 Å². The molecule has 0 unspecified atom stereocenters. The van der Waals surface area contributed by atoms with Gasteiger partial charge in [0.2, 0.25) is 0 Å². The molecule has 0 bridgehead atoms. The van der Waals surface area contributed by atoms with Gasteiger partial charge in [0.05, 0.1) is 17.2 Å². The van der Waals surface area contributed by atoms with Crippen LogP contribution < -0.4 is 9.80 Å². The van der Waals surface area contributed by atoms with Crippen molar-refractivity contribution in [3.8, 4) is 0 Å². The zero-order valence-electron chi connectivity index (χ0n) is 15.3. The monoisotopic (exact) mass is 391 g/mol. The Bertz CT molecular complexity index is 899. The van der Waals surface area contributed by atoms with E-state index in [9.17, 15) is 23.1 Å². The van der Waals surface area contributed by atoms with Gasteiger partial charge >= 0.3 is 12.1 Å². The number of alkyl halides is 3. The number of benzene rings is 1. The van der Waals surface area contributed by atoms with Gasteiger partial charge in [-0.1, -0.05) is 0 Å². The number of aromatic nitrogens is 1. The lowest BCUT2D eigenvalue weighted by atomic mass is 9.89. The van der Waals surface area contributed by atoms with Crippen LogP contribution >= 0.6 is 0 Å². The Kier molecular flexibility index (Phi) is 4.44. The van der Waals surface area contributed by atoms with Gasteiger partial charge in [-0.2, -0.15) is 13.2 Å². The molecule has 5 nitrogen and oxygen atoms in total. The minimum Gasteiger partial charge on any atom is -0.481 e. The summed E-state index contributed by atoms with van der Waals surface area (Å²) in [6, 6.07) is 8.81. The Labute approximate surface area is 160 Å². The second-order valence-electron chi connectivity index (χ2n) is 7.36. The summed E-state index contributed by atoms with van der Waals surface area (Å²) in [5.74, 6) is -0.453. The number of carbonyl (C=O) groups is 1. The van der Waals surface area contributed by atoms with E-state index in [2.05, 4.69) is 9.88 Å². The molecule has 0 aliphatic carbocycles. The average Bonchev–Trinajstić information content (AvgIpc) is 2.66. The fourth-order valence-corrected chi connectivity index (χ4v) is 4.07. The fraction of sp³-hybridized carbons (Fsp3) is 0.400. The molecule has 0 radical (unpaired) electrons. The molecular weight excluding hydrogens is 371 g/mol. The first kappa shape index (κ1) is 18.6. The Balaban J connectivity index is 1.72. The number of hydrogen-bond donors (Lipinski definition) is 1. The van der Waals surface area contributed by atoms with Crippen LogP contribution in [-0.2, 0) is 11.0 Å². The zero-order valence-corrected chi connectivity index (χ0v) is 15.3. The van der Waals surface area contributed by atoms with Crippen molar-refractivity contribution < 1.29 is 23.1 Å². The third-order valence-corrected chi connectivity index (χ3v) is 5.52. The zero-order chi connectivity index (χ0) is 20.1. The number of aliphatic carboxylic acids is 1. The first-order chi connectivity index (χ1) is 13.2. The molecule has 2 aliphatic heterocycles. The predicted octanol–water partition coefficient (Wildman–Crippen LogP) is 4.23. The van der Waals surface area contributed by atoms with Gasteiger partial charge in [-0.05, 0) is 56.2 Å². The van der Waals surface area contributed by atoms with Crippen molar-refractivity contribution in [2.45, 2.75) is 32.0 Å². The molecule has 4 rings (SSSR count). The second-order valence-corrected chi connectivity index (χ2v) is 7.36. The third-order valence-electron chi connectivity index (χ3n) is 5.52. The molecule has 148 valence electrons. The largest absolute Gasteiger partial charge is 0.481 e. The summed E-state index contributed by atoms with van der Waals surface area (Å²) >= 11 is 0. The molecule has 8 heteroatoms. The average molecular weight is 391 g/mol. The van der Waals surface area contributed by atoms with Crippen molar-refractivity contribution in [3.05, 3.63) is 47.7 Å². The molecule has 1 N–H and O–H groups in total. The van der Waals surface area contributed by atoms with Gasteiger partial charge < -0.3 is 14.9 Å². The summed E-state index contributed by atoms with van der Waals surface area (Å²) in [7, 11) is 0. The molecule has 0 amide bonds. The molecular formula is C20H20F3N3O2. The quantitative estimate of drug-likeness (QED) is 0.830. The molecule has 3 heterocycles. The highest BCUT2D eigenvalue weighted by atomic mass is 19.4. The lowest BCUT2D eigenvalue weighted by Crippen LogP contribution is -2.53. The van der Waals surface area contributed by atoms with Crippen LogP contribution in [0.4, 0.5) is 30.4 Å². The van der Waals surface area contributed by atoms with Crippen LogP contribution in [0.15, 0.2) is 36.4 Å². The SMILES string of the molecule is Cc1ccc2c(n1)N1CC[C@@H](C(=O)O)C[C@@H]1CN2c1ccc(C(F)(F)F)cc1. The summed E-state index contributed by atoms with van der Waals surface area (Å²) in [4.78, 5) is 20.2. The van der Waals surface area contributed by atoms with Crippen LogP contribution in [0, 0.1) is 12.8 Å². The summed E-state index contributed by atoms with van der Waals surface area (Å²) in [5.41, 5.74) is 1.61. The summed E-state index contributed by atoms with van der Waals surface area (Å²) in [6.07, 6.45) is -3.34. The molecule has 1 aromatic carbocycles. The van der Waals surface area contributed by atoms with Gasteiger partial charge in [0.15, 0.2) is 5.82 Å². The molecule has 1 saturated heterocycles. The number of piperidine rings is 1. The molecule has 2 aromatic rings. The van der Waals surface area contributed by atoms with Crippen molar-refractivity contribution in [2.24, 2.45) is 5.92 Å². The molecule has 2 atom stereocenters. The lowest BCUT2D eigenvalue weighted by molar-refractivity contribution is -0.142. The Morgan fingerprint density at radius 2 is 1.89 bits per heavy atom. The highest BCUT2D eigenvalue weighted by Crippen LogP contribution is 2.42. The van der Waals surface area contributed by atoms with Crippen LogP contribution in [0.25, 0.3) is 0 Å². The number of carboxylic acids is 1. The van der Waals surface area contributed by atoms with Gasteiger partial charge in [0.25, 0.3) is 0 Å². The predicted molar refractivity (Wildman–Crippen MR) is 98.9 cm³/mol. The van der Waals surface area contributed by atoms with Crippen molar-refractivity contribution >= 4 is 23.2 Å². The molecule has 1 fully saturated rings. The van der Waals surface area contributed by atoms with E-state index in [4.69, 9.17) is 0 Å². The molecule has 2 aliphatic rings. The number of carboxylic acid groups (broad SMARTS) is 1. The number of rotatable bonds is 2. The number of aryl methyl sites for hydroxylation is 1. The first-order valence-electron chi connectivity index (χ1n) is 9.16. The van der Waals surface area contributed by atoms with Crippen molar-refractivity contribution in [3.63, 3.8) is 0 Å². The van der Waals surface area contributed by atoms with E-state index in [1.54, 1.807) is 0 Å². The summed E-state index contributed by atoms with van der Waals surface area (Å²) < 4.78 is 38.7. The smallest absolute Gasteiger partial charge is 0.416 e. The molecule has 0 saturated carbocycles. The van der Waals surface area contributed by atoms with Crippen LogP contribution in [0.3, 0.4) is 0 Å². The minimum absolute atomic E-state index is 0.0565. The van der Waals surface area contributed by atoms with Crippen molar-refractivity contribution in [1.29, 1.82) is 0 Å². The lowest BCUT2D eigenvalue weighted by Gasteiger charge is -2.47. The van der Waals surface area contributed by atoms with E-state index < -0.39 is 23.6 Å². The van der Waals surface area contributed by atoms with E-state index in [1.165, 1.54) is 12.1 Å². The Morgan fingerprint density at radius 3 is 2.54 bits per heavy atom. The summed E-state index contributed by atoms with van der Waals surface area (Å²) in [6.45, 7) is 3.00. The van der Waals surface area contributed by atoms with Crippen LogP contribution in [0.5, 0.6) is 0 Å². The van der Waals surface area contributed by atoms with Crippen molar-refractivity contribution in [2.75, 3.05) is 22.9 Å². The topological polar surface area (TPSA) is 56.7 Å². The maximum Gasteiger partial charge on any atom is 0.416 e. The third kappa shape index (κ3) is 3.27. The number of halogens is 3. The Morgan fingerprint density at radius 1 is 1.18 bits per heavy atom. The van der Waals surface area contributed by atoms with Gasteiger partial charge in [-0.25, -0.2) is 4.98 Å². The molecule has 28 heavy (non-hydrogen) atoms. The van der Waals surface area contributed by atoms with Gasteiger partial charge in [-0.3, -0.25) is 4.79 Å². The van der Waals surface area contributed by atoms with Crippen LogP contribution in [-0.4, -0.2) is 35.2 Å². The fourth-order valence-electron chi connectivity index (χ4n) is 4.07. The standard InChI is InChI=1S/C20H20F3N3O2/c1-12-2-7-17-18(24-12)25-9-8-13(19(27)28)10-16(25)11-26(17)15-5-3-14(4-6-15)20(21,22)23/h2-7,13,16H,8-11H2,1H3,(H,27,28)/t13-,16-/m1/s1. The number of nitrogens with zero attached hydrogens (tertiary/aromatic N) is 3. The van der Waals surface area contributed by atoms with Crippen molar-refractivity contribution in [1.82, 2.24) is 4.98 Å². The highest BCUT2D eigenvalue weighted by Gasteiger charge is 2.39. The number of fused-ring (bicyclic) bond motifs is 3. The molecule has 1 aromatic heterocycles. The minimum atomic E-state index is -4.38. The summed E-state index contributed by atoms with van der Waals surface area (Å²) in [5, 5.41) is 9.40. The first-order valence-corrected chi connectivity index (χ1v) is 9.16. The van der Waals surface area contributed by atoms with E-state index in [-0.39, 0.29) is 6.04 Å². The number of hydrogen-bond acceptors (Lipinski definition) is 4. The van der Waals surface area contributed by atoms with Gasteiger partial charge in [0.1, 0.15) is 0 Å². The normalized spacial score (nSPS) is 21.9. The van der Waals surface area contributed by atoms with E-state index in [0.29, 0.717) is 31.6 Å². The van der Waals surface area contributed by atoms with E-state index >= 15 is 0 Å². The van der Waals surface area contributed by atoms with Crippen LogP contribution in [0.2, 0.25) is 0 Å². The van der Waals surface area contributed by atoms with Gasteiger partial charge in [0, 0.05) is 30.5 Å². The Hall–Kier alpha value is -2.77.